The minimum atomic E-state index is -3.77. The Morgan fingerprint density at radius 1 is 1.36 bits per heavy atom. The van der Waals surface area contributed by atoms with E-state index in [0.29, 0.717) is 11.4 Å². The van der Waals surface area contributed by atoms with Crippen LogP contribution in [0.25, 0.3) is 0 Å². The van der Waals surface area contributed by atoms with Crippen LogP contribution in [0, 0.1) is 17.1 Å². The molecule has 1 atom stereocenters. The van der Waals surface area contributed by atoms with E-state index < -0.39 is 21.5 Å². The molecular formula is C11H13N7O3S. The highest BCUT2D eigenvalue weighted by molar-refractivity contribution is 7.86. The third-order valence-electron chi connectivity index (χ3n) is 2.70. The molecule has 0 fully saturated rings. The maximum atomic E-state index is 11.9. The lowest BCUT2D eigenvalue weighted by Gasteiger charge is -1.98. The minimum absolute atomic E-state index is 0.00530. The molecule has 2 aromatic rings. The molecule has 0 spiro atoms. The Hall–Kier alpha value is -2.79. The standard InChI is InChI=1S/C11H13N7O3S/c1-6-9(10(19)18(17-6)11(12)13)16-15-7-2-4-8(5-3-7)22(14,20)21/h2-5,17H,1H3,(H3,12,13)(H2,14,20,21). The van der Waals surface area contributed by atoms with E-state index in [0.717, 1.165) is 4.68 Å². The van der Waals surface area contributed by atoms with Crippen LogP contribution in [0.4, 0.5) is 11.4 Å². The Bertz CT molecular complexity index is 906. The van der Waals surface area contributed by atoms with Gasteiger partial charge >= 0.3 is 5.56 Å². The van der Waals surface area contributed by atoms with Crippen molar-refractivity contribution in [1.82, 2.24) is 9.78 Å². The molecule has 2 rings (SSSR count). The summed E-state index contributed by atoms with van der Waals surface area (Å²) in [4.78, 5) is 11.8. The van der Waals surface area contributed by atoms with Crippen molar-refractivity contribution in [3.05, 3.63) is 40.3 Å². The van der Waals surface area contributed by atoms with Gasteiger partial charge < -0.3 is 5.73 Å². The summed E-state index contributed by atoms with van der Waals surface area (Å²) in [5.41, 5.74) is 5.37. The van der Waals surface area contributed by atoms with Crippen LogP contribution in [0.5, 0.6) is 0 Å². The molecule has 0 bridgehead atoms. The highest BCUT2D eigenvalue weighted by Gasteiger charge is 2.12. The molecule has 116 valence electrons. The summed E-state index contributed by atoms with van der Waals surface area (Å²) in [6.45, 7) is 1.58. The first-order chi connectivity index (χ1) is 10.2. The van der Waals surface area contributed by atoms with Gasteiger partial charge in [-0.25, -0.2) is 8.99 Å². The number of H-pyrrole nitrogens is 1. The number of nitrogen functional groups attached to an aromatic ring is 1. The van der Waals surface area contributed by atoms with Crippen molar-refractivity contribution in [1.29, 1.82) is 10.2 Å². The maximum absolute atomic E-state index is 11.9. The third kappa shape index (κ3) is 3.10. The van der Waals surface area contributed by atoms with E-state index >= 15 is 0 Å². The lowest BCUT2D eigenvalue weighted by atomic mass is 10.3. The molecule has 0 aliphatic rings. The summed E-state index contributed by atoms with van der Waals surface area (Å²) in [5.74, 6) is -0.466. The summed E-state index contributed by atoms with van der Waals surface area (Å²) in [6, 6.07) is 5.35. The molecule has 0 aliphatic heterocycles. The van der Waals surface area contributed by atoms with Crippen molar-refractivity contribution >= 4 is 27.3 Å². The fourth-order valence-corrected chi connectivity index (χ4v) is 2.14. The second kappa shape index (κ2) is 5.54. The van der Waals surface area contributed by atoms with Crippen molar-refractivity contribution < 1.29 is 8.76 Å². The zero-order valence-electron chi connectivity index (χ0n) is 11.4. The first-order valence-electron chi connectivity index (χ1n) is 5.89. The number of aromatic nitrogens is 2. The van der Waals surface area contributed by atoms with Gasteiger partial charge in [0.25, 0.3) is 0 Å². The first kappa shape index (κ1) is 15.6. The summed E-state index contributed by atoms with van der Waals surface area (Å²) in [7, 11) is -3.77. The second-order valence-electron chi connectivity index (χ2n) is 4.33. The lowest BCUT2D eigenvalue weighted by molar-refractivity contribution is 0.548. The minimum Gasteiger partial charge on any atom is -0.368 e. The summed E-state index contributed by atoms with van der Waals surface area (Å²) >= 11 is 0. The number of nitrogens with two attached hydrogens (primary N) is 1. The SMILES string of the molecule is Cc1[nH]n(C(=N)N)c(=O)c1N=Nc1ccc(S(=N)(=O)O)cc1. The Morgan fingerprint density at radius 3 is 2.41 bits per heavy atom. The molecular weight excluding hydrogens is 310 g/mol. The number of nitrogens with one attached hydrogen (secondary N) is 3. The molecule has 1 aromatic carbocycles. The van der Waals surface area contributed by atoms with Gasteiger partial charge in [0, 0.05) is 0 Å². The van der Waals surface area contributed by atoms with Crippen molar-refractivity contribution in [3.63, 3.8) is 0 Å². The smallest absolute Gasteiger partial charge is 0.301 e. The van der Waals surface area contributed by atoms with Crippen molar-refractivity contribution in [2.24, 2.45) is 16.0 Å². The fourth-order valence-electron chi connectivity index (χ4n) is 1.63. The molecule has 1 aromatic heterocycles. The number of aromatic amines is 1. The van der Waals surface area contributed by atoms with E-state index in [1.807, 2.05) is 0 Å². The van der Waals surface area contributed by atoms with Crippen LogP contribution < -0.4 is 11.3 Å². The monoisotopic (exact) mass is 323 g/mol. The number of rotatable bonds is 3. The highest BCUT2D eigenvalue weighted by atomic mass is 32.2. The van der Waals surface area contributed by atoms with Gasteiger partial charge in [-0.3, -0.25) is 19.9 Å². The Labute approximate surface area is 125 Å². The van der Waals surface area contributed by atoms with Crippen molar-refractivity contribution in [2.45, 2.75) is 11.8 Å². The van der Waals surface area contributed by atoms with Gasteiger partial charge in [0.2, 0.25) is 5.96 Å². The van der Waals surface area contributed by atoms with E-state index in [1.165, 1.54) is 24.3 Å². The third-order valence-corrected chi connectivity index (χ3v) is 3.61. The Kier molecular flexibility index (Phi) is 3.93. The second-order valence-corrected chi connectivity index (χ2v) is 5.85. The molecule has 6 N–H and O–H groups in total. The van der Waals surface area contributed by atoms with E-state index in [2.05, 4.69) is 15.3 Å². The Morgan fingerprint density at radius 2 is 1.95 bits per heavy atom. The predicted octanol–water partition coefficient (Wildman–Crippen LogP) is 1.52. The molecule has 0 amide bonds. The zero-order chi connectivity index (χ0) is 16.5. The van der Waals surface area contributed by atoms with E-state index in [1.54, 1.807) is 6.92 Å². The molecule has 0 radical (unpaired) electrons. The largest absolute Gasteiger partial charge is 0.368 e. The van der Waals surface area contributed by atoms with Crippen LogP contribution in [-0.2, 0) is 10.0 Å². The fraction of sp³-hybridized carbons (Fsp3) is 0.0909. The van der Waals surface area contributed by atoms with Crippen molar-refractivity contribution in [3.8, 4) is 0 Å². The van der Waals surface area contributed by atoms with Crippen LogP contribution in [0.15, 0.2) is 44.2 Å². The lowest BCUT2D eigenvalue weighted by Crippen LogP contribution is -2.30. The van der Waals surface area contributed by atoms with Crippen molar-refractivity contribution in [2.75, 3.05) is 0 Å². The van der Waals surface area contributed by atoms with Crippen LogP contribution in [-0.4, -0.2) is 24.5 Å². The molecule has 0 aliphatic carbocycles. The molecule has 1 heterocycles. The van der Waals surface area contributed by atoms with E-state index in [4.69, 9.17) is 20.5 Å². The number of aryl methyl sites for hydroxylation is 1. The van der Waals surface area contributed by atoms with Gasteiger partial charge in [0.1, 0.15) is 0 Å². The molecule has 22 heavy (non-hydrogen) atoms. The highest BCUT2D eigenvalue weighted by Crippen LogP contribution is 2.20. The van der Waals surface area contributed by atoms with Crippen LogP contribution in [0.2, 0.25) is 0 Å². The first-order valence-corrected chi connectivity index (χ1v) is 7.40. The molecule has 0 saturated carbocycles. The van der Waals surface area contributed by atoms with Crippen LogP contribution in [0.1, 0.15) is 5.69 Å². The topological polar surface area (TPSA) is 174 Å². The van der Waals surface area contributed by atoms with Crippen LogP contribution in [0.3, 0.4) is 0 Å². The number of hydrogen-bond acceptors (Lipinski definition) is 6. The van der Waals surface area contributed by atoms with E-state index in [9.17, 15) is 9.00 Å². The van der Waals surface area contributed by atoms with Gasteiger partial charge in [-0.05, 0) is 31.2 Å². The summed E-state index contributed by atoms with van der Waals surface area (Å²) in [6.07, 6.45) is 0. The molecule has 1 unspecified atom stereocenters. The average Bonchev–Trinajstić information content (AvgIpc) is 2.71. The van der Waals surface area contributed by atoms with Gasteiger partial charge in [-0.15, -0.1) is 5.11 Å². The molecule has 10 nitrogen and oxygen atoms in total. The zero-order valence-corrected chi connectivity index (χ0v) is 12.2. The normalized spacial score (nSPS) is 14.1. The summed E-state index contributed by atoms with van der Waals surface area (Å²) < 4.78 is 28.1. The van der Waals surface area contributed by atoms with Gasteiger partial charge in [0.15, 0.2) is 15.7 Å². The van der Waals surface area contributed by atoms with Gasteiger partial charge in [-0.2, -0.15) is 9.80 Å². The van der Waals surface area contributed by atoms with Crippen LogP contribution >= 0.6 is 0 Å². The summed E-state index contributed by atoms with van der Waals surface area (Å²) in [5, 5.41) is 17.5. The van der Waals surface area contributed by atoms with Gasteiger partial charge in [-0.1, -0.05) is 0 Å². The quantitative estimate of drug-likeness (QED) is 0.327. The average molecular weight is 323 g/mol. The van der Waals surface area contributed by atoms with Gasteiger partial charge in [0.05, 0.1) is 16.3 Å². The molecule has 11 heteroatoms. The predicted molar refractivity (Wildman–Crippen MR) is 79.5 cm³/mol. The Balaban J connectivity index is 2.34. The number of benzene rings is 1. The maximum Gasteiger partial charge on any atom is 0.301 e. The molecule has 0 saturated heterocycles. The van der Waals surface area contributed by atoms with E-state index in [-0.39, 0.29) is 10.6 Å². The number of hydrogen-bond donors (Lipinski definition) is 5. The number of azo groups is 1. The number of nitrogens with zero attached hydrogens (tertiary/aromatic N) is 3.